The quantitative estimate of drug-likeness (QED) is 0.147. The molecule has 0 fully saturated rings. The van der Waals surface area contributed by atoms with Gasteiger partial charge in [-0.25, -0.2) is 0 Å². The number of benzene rings is 9. The van der Waals surface area contributed by atoms with Crippen LogP contribution in [0.15, 0.2) is 206 Å². The van der Waals surface area contributed by atoms with Crippen LogP contribution in [0, 0.1) is 0 Å². The summed E-state index contributed by atoms with van der Waals surface area (Å²) in [5.74, 6) is 0.197. The fourth-order valence-electron chi connectivity index (χ4n) is 19.4. The van der Waals surface area contributed by atoms with Crippen LogP contribution in [0.3, 0.4) is 0 Å². The van der Waals surface area contributed by atoms with E-state index in [0.717, 1.165) is 44.9 Å². The van der Waals surface area contributed by atoms with Crippen LogP contribution >= 0.6 is 0 Å². The molecule has 19 rings (SSSR count). The van der Waals surface area contributed by atoms with Gasteiger partial charge in [0.1, 0.15) is 0 Å². The highest BCUT2D eigenvalue weighted by Crippen LogP contribution is 2.52. The van der Waals surface area contributed by atoms with E-state index < -0.39 is 13.5 Å². The van der Waals surface area contributed by atoms with Gasteiger partial charge in [-0.1, -0.05) is 200 Å². The van der Waals surface area contributed by atoms with Gasteiger partial charge in [0.15, 0.2) is 8.07 Å². The number of hydrogen-bond donors (Lipinski definition) is 0. The van der Waals surface area contributed by atoms with Crippen LogP contribution in [0.4, 0.5) is 0 Å². The van der Waals surface area contributed by atoms with Crippen molar-refractivity contribution in [2.75, 3.05) is 0 Å². The zero-order valence-corrected chi connectivity index (χ0v) is 50.7. The van der Waals surface area contributed by atoms with Gasteiger partial charge in [0.05, 0.1) is 22.2 Å². The highest BCUT2D eigenvalue weighted by Gasteiger charge is 2.56. The van der Waals surface area contributed by atoms with Gasteiger partial charge < -0.3 is 13.7 Å². The maximum absolute atomic E-state index is 3.26. The topological polar surface area (TPSA) is 14.8 Å². The molecule has 12 aromatic rings. The van der Waals surface area contributed by atoms with Crippen LogP contribution in [0.5, 0.6) is 0 Å². The third kappa shape index (κ3) is 6.65. The minimum absolute atomic E-state index is 0.0310. The van der Waals surface area contributed by atoms with Gasteiger partial charge in [0.25, 0.3) is 0 Å². The predicted molar refractivity (Wildman–Crippen MR) is 363 cm³/mol. The summed E-state index contributed by atoms with van der Waals surface area (Å²) < 4.78 is 8.25. The first-order valence-corrected chi connectivity index (χ1v) is 34.8. The third-order valence-corrected chi connectivity index (χ3v) is 27.5. The monoisotopic (exact) mass is 1120 g/mol. The van der Waals surface area contributed by atoms with E-state index >= 15 is 0 Å². The van der Waals surface area contributed by atoms with Crippen LogP contribution < -0.4 is 37.1 Å². The Hall–Kier alpha value is -8.38. The second-order valence-electron chi connectivity index (χ2n) is 27.1. The standard InChI is InChI=1S/C81H70BN3Si/c1-81(2)66-46-51(78-64-34-11-5-10-28-56(64)57-29-12-13-35-65(57)78)47-77-80(66)82(68-48-53(84-71-40-20-16-32-60(71)62-36-22-42-72(62)84)49-75(79(68)81)85-73-41-21-17-33-61(73)63-37-23-43-74(63)85)67-45-44-52(83-69-38-18-14-30-58(69)59-31-15-19-39-70(59)83)50-76(67)86(77,54-24-6-3-7-25-54)55-26-8-4-9-27-55/h3-4,6-9,12-14,16-18,20-21,24-27,29-30,32-33,35,38,40-41,44-50,78H,5,10-11,15,19,22-23,28,31,34,36-37,39,42-43H2,1-2H3. The maximum Gasteiger partial charge on any atom is 0.241 e. The van der Waals surface area contributed by atoms with Crippen molar-refractivity contribution in [3.63, 3.8) is 0 Å². The van der Waals surface area contributed by atoms with Gasteiger partial charge in [-0.2, -0.15) is 0 Å². The second kappa shape index (κ2) is 18.6. The smallest absolute Gasteiger partial charge is 0.241 e. The summed E-state index contributed by atoms with van der Waals surface area (Å²) >= 11 is 0. The number of aryl methyl sites for hydroxylation is 3. The molecule has 0 bridgehead atoms. The Kier molecular flexibility index (Phi) is 10.8. The van der Waals surface area contributed by atoms with Crippen molar-refractivity contribution >= 4 is 90.2 Å². The van der Waals surface area contributed by atoms with E-state index in [0.29, 0.717) is 0 Å². The van der Waals surface area contributed by atoms with E-state index in [1.165, 1.54) is 173 Å². The number of allylic oxidation sites excluding steroid dienone is 2. The van der Waals surface area contributed by atoms with E-state index in [2.05, 4.69) is 228 Å². The molecule has 9 aromatic carbocycles. The van der Waals surface area contributed by atoms with Gasteiger partial charge in [0.2, 0.25) is 6.71 Å². The molecule has 7 aliphatic rings. The van der Waals surface area contributed by atoms with Crippen LogP contribution in [0.25, 0.3) is 55.3 Å². The summed E-state index contributed by atoms with van der Waals surface area (Å²) in [6, 6.07) is 80.9. The number of rotatable bonds is 6. The Morgan fingerprint density at radius 2 is 0.977 bits per heavy atom. The van der Waals surface area contributed by atoms with Crippen LogP contribution in [0.2, 0.25) is 0 Å². The summed E-state index contributed by atoms with van der Waals surface area (Å²) in [7, 11) is -3.26. The summed E-state index contributed by atoms with van der Waals surface area (Å²) in [5, 5.41) is 10.3. The normalized spacial score (nSPS) is 18.3. The molecule has 2 aliphatic heterocycles. The van der Waals surface area contributed by atoms with E-state index in [-0.39, 0.29) is 12.6 Å². The molecule has 0 saturated heterocycles. The molecule has 0 saturated carbocycles. The first-order chi connectivity index (χ1) is 42.5. The first-order valence-electron chi connectivity index (χ1n) is 32.8. The van der Waals surface area contributed by atoms with E-state index in [9.17, 15) is 0 Å². The molecule has 86 heavy (non-hydrogen) atoms. The molecule has 3 aromatic heterocycles. The Bertz CT molecular complexity index is 4870. The SMILES string of the molecule is CC1(C)c2cc(C3C4=C(CCCCC4)c4ccccc43)cc3c2B(c2ccc(-n4c5c(c6ccccc64)CCCC5)cc2[Si]3(c2ccccc2)c2ccccc2)c2cc(-n3c4c(c5ccccc53)CCC4)cc(-n3c4c(c5ccccc53)CCC4)c21. The minimum atomic E-state index is -3.26. The molecule has 0 radical (unpaired) electrons. The van der Waals surface area contributed by atoms with Crippen molar-refractivity contribution in [1.29, 1.82) is 0 Å². The average Bonchev–Trinajstić information content (AvgIpc) is 0.837. The summed E-state index contributed by atoms with van der Waals surface area (Å²) in [6.45, 7) is 5.26. The van der Waals surface area contributed by atoms with Crippen LogP contribution in [0.1, 0.15) is 139 Å². The fourth-order valence-corrected chi connectivity index (χ4v) is 24.7. The number of nitrogens with zero attached hydrogens (tertiary/aromatic N) is 3. The van der Waals surface area contributed by atoms with Gasteiger partial charge in [-0.15, -0.1) is 0 Å². The van der Waals surface area contributed by atoms with Gasteiger partial charge in [-0.3, -0.25) is 0 Å². The zero-order chi connectivity index (χ0) is 56.6. The van der Waals surface area contributed by atoms with E-state index in [1.54, 1.807) is 38.5 Å². The van der Waals surface area contributed by atoms with E-state index in [1.807, 2.05) is 0 Å². The van der Waals surface area contributed by atoms with Crippen molar-refractivity contribution in [3.8, 4) is 17.1 Å². The summed E-state index contributed by atoms with van der Waals surface area (Å²) in [5.41, 5.74) is 32.1. The van der Waals surface area contributed by atoms with Crippen molar-refractivity contribution in [2.45, 2.75) is 121 Å². The van der Waals surface area contributed by atoms with Crippen molar-refractivity contribution in [1.82, 2.24) is 13.7 Å². The molecule has 5 heteroatoms. The molecular weight excluding hydrogens is 1050 g/mol. The molecule has 0 spiro atoms. The molecule has 0 N–H and O–H groups in total. The number of hydrogen-bond acceptors (Lipinski definition) is 0. The van der Waals surface area contributed by atoms with Crippen LogP contribution in [-0.4, -0.2) is 28.5 Å². The molecule has 1 unspecified atom stereocenters. The van der Waals surface area contributed by atoms with Gasteiger partial charge in [0, 0.05) is 55.9 Å². The van der Waals surface area contributed by atoms with Crippen LogP contribution in [-0.2, 0) is 43.9 Å². The minimum Gasteiger partial charge on any atom is -0.313 e. The third-order valence-electron chi connectivity index (χ3n) is 22.6. The lowest BCUT2D eigenvalue weighted by molar-refractivity contribution is 0.638. The summed E-state index contributed by atoms with van der Waals surface area (Å²) in [4.78, 5) is 0. The van der Waals surface area contributed by atoms with Crippen molar-refractivity contribution < 1.29 is 0 Å². The molecule has 0 amide bonds. The predicted octanol–water partition coefficient (Wildman–Crippen LogP) is 14.1. The number of aromatic nitrogens is 3. The number of fused-ring (bicyclic) bond motifs is 15. The van der Waals surface area contributed by atoms with E-state index in [4.69, 9.17) is 0 Å². The molecular formula is C81H70BN3Si. The van der Waals surface area contributed by atoms with Gasteiger partial charge in [-0.05, 0) is 203 Å². The Morgan fingerprint density at radius 3 is 1.66 bits per heavy atom. The molecule has 3 nitrogen and oxygen atoms in total. The molecule has 5 heterocycles. The van der Waals surface area contributed by atoms with Crippen molar-refractivity contribution in [2.24, 2.45) is 0 Å². The molecule has 416 valence electrons. The Balaban J connectivity index is 0.998. The summed E-state index contributed by atoms with van der Waals surface area (Å²) in [6.07, 6.45) is 17.7. The zero-order valence-electron chi connectivity index (χ0n) is 49.7. The second-order valence-corrected chi connectivity index (χ2v) is 30.8. The molecule has 1 atom stereocenters. The average molecular weight is 1120 g/mol. The highest BCUT2D eigenvalue weighted by atomic mass is 28.3. The Morgan fingerprint density at radius 1 is 0.430 bits per heavy atom. The largest absolute Gasteiger partial charge is 0.313 e. The highest BCUT2D eigenvalue weighted by molar-refractivity contribution is 7.26. The Labute approximate surface area is 506 Å². The lowest BCUT2D eigenvalue weighted by Gasteiger charge is -2.49. The lowest BCUT2D eigenvalue weighted by atomic mass is 9.31. The number of para-hydroxylation sites is 3. The lowest BCUT2D eigenvalue weighted by Crippen LogP contribution is -2.88. The van der Waals surface area contributed by atoms with Crippen molar-refractivity contribution in [3.05, 3.63) is 267 Å². The first kappa shape index (κ1) is 49.8. The van der Waals surface area contributed by atoms with Gasteiger partial charge >= 0.3 is 0 Å². The fraction of sp³-hybridized carbons (Fsp3) is 0.235. The molecule has 5 aliphatic carbocycles. The maximum atomic E-state index is 2.87.